The summed E-state index contributed by atoms with van der Waals surface area (Å²) in [5.41, 5.74) is 1.12. The largest absolute Gasteiger partial charge is 0.416 e. The molecule has 7 nitrogen and oxygen atoms in total. The molecule has 1 N–H and O–H groups in total. The van der Waals surface area contributed by atoms with Gasteiger partial charge in [-0.05, 0) is 30.7 Å². The zero-order valence-electron chi connectivity index (χ0n) is 19.9. The maximum absolute atomic E-state index is 13.5. The number of fused-ring (bicyclic) bond motifs is 1. The average molecular weight is 546 g/mol. The highest BCUT2D eigenvalue weighted by molar-refractivity contribution is 7.99. The van der Waals surface area contributed by atoms with Gasteiger partial charge in [0, 0.05) is 24.7 Å². The molecule has 1 aliphatic heterocycles. The number of hydrogen-bond acceptors (Lipinski definition) is 6. The highest BCUT2D eigenvalue weighted by Gasteiger charge is 2.34. The lowest BCUT2D eigenvalue weighted by Gasteiger charge is -2.23. The molecule has 37 heavy (non-hydrogen) atoms. The van der Waals surface area contributed by atoms with Gasteiger partial charge in [-0.1, -0.05) is 30.3 Å². The molecule has 12 heteroatoms. The van der Waals surface area contributed by atoms with Crippen molar-refractivity contribution in [2.75, 3.05) is 18.2 Å². The van der Waals surface area contributed by atoms with Crippen LogP contribution in [-0.4, -0.2) is 55.7 Å². The number of amides is 2. The predicted molar refractivity (Wildman–Crippen MR) is 138 cm³/mol. The Morgan fingerprint density at radius 2 is 1.84 bits per heavy atom. The second-order valence-corrected chi connectivity index (χ2v) is 10.8. The molecule has 1 fully saturated rings. The number of carbonyl (C=O) groups is 2. The molecule has 0 radical (unpaired) electrons. The van der Waals surface area contributed by atoms with Crippen molar-refractivity contribution in [1.82, 2.24) is 25.0 Å². The number of halogens is 3. The smallest absolute Gasteiger partial charge is 0.349 e. The average Bonchev–Trinajstić information content (AvgIpc) is 3.59. The fourth-order valence-corrected chi connectivity index (χ4v) is 6.38. The van der Waals surface area contributed by atoms with Crippen molar-refractivity contribution in [3.8, 4) is 10.4 Å². The van der Waals surface area contributed by atoms with Gasteiger partial charge in [0.1, 0.15) is 5.69 Å². The number of alkyl halides is 3. The number of para-hydroxylation sites is 1. The van der Waals surface area contributed by atoms with Gasteiger partial charge < -0.3 is 10.2 Å². The summed E-state index contributed by atoms with van der Waals surface area (Å²) < 4.78 is 40.6. The molecule has 0 saturated carbocycles. The Balaban J connectivity index is 1.33. The first kappa shape index (κ1) is 25.3. The summed E-state index contributed by atoms with van der Waals surface area (Å²) in [7, 11) is 1.78. The van der Waals surface area contributed by atoms with Crippen molar-refractivity contribution in [3.63, 3.8) is 0 Å². The van der Waals surface area contributed by atoms with Crippen LogP contribution in [0.3, 0.4) is 0 Å². The summed E-state index contributed by atoms with van der Waals surface area (Å²) in [6.07, 6.45) is -4.44. The van der Waals surface area contributed by atoms with Crippen LogP contribution in [0, 0.1) is 6.92 Å². The third kappa shape index (κ3) is 4.95. The van der Waals surface area contributed by atoms with Crippen LogP contribution >= 0.6 is 23.1 Å². The Bertz CT molecular complexity index is 1480. The fraction of sp³-hybridized carbons (Fsp3) is 0.280. The normalized spacial score (nSPS) is 15.9. The molecule has 0 bridgehead atoms. The van der Waals surface area contributed by atoms with E-state index in [4.69, 9.17) is 0 Å². The number of aromatic nitrogens is 3. The number of aryl methyl sites for hydroxylation is 2. The molecule has 2 amide bonds. The Hall–Kier alpha value is -3.38. The van der Waals surface area contributed by atoms with Crippen molar-refractivity contribution in [1.29, 1.82) is 0 Å². The molecule has 1 saturated heterocycles. The molecule has 0 spiro atoms. The molecule has 5 rings (SSSR count). The van der Waals surface area contributed by atoms with Gasteiger partial charge in [-0.25, -0.2) is 4.98 Å². The maximum atomic E-state index is 13.5. The van der Waals surface area contributed by atoms with Gasteiger partial charge in [0.25, 0.3) is 11.8 Å². The van der Waals surface area contributed by atoms with E-state index in [9.17, 15) is 22.8 Å². The molecule has 3 heterocycles. The number of nitrogens with zero attached hydrogens (tertiary/aromatic N) is 4. The second-order valence-electron chi connectivity index (χ2n) is 8.61. The summed E-state index contributed by atoms with van der Waals surface area (Å²) in [6, 6.07) is 11.9. The zero-order valence-corrected chi connectivity index (χ0v) is 21.5. The topological polar surface area (TPSA) is 80.1 Å². The minimum absolute atomic E-state index is 0.205. The van der Waals surface area contributed by atoms with E-state index in [0.717, 1.165) is 23.0 Å². The van der Waals surface area contributed by atoms with Crippen LogP contribution in [0.25, 0.3) is 21.3 Å². The molecule has 4 aromatic rings. The minimum Gasteiger partial charge on any atom is -0.349 e. The van der Waals surface area contributed by atoms with Crippen LogP contribution in [0.1, 0.15) is 31.5 Å². The van der Waals surface area contributed by atoms with Crippen LogP contribution in [0.15, 0.2) is 48.5 Å². The van der Waals surface area contributed by atoms with Gasteiger partial charge in [-0.3, -0.25) is 14.3 Å². The van der Waals surface area contributed by atoms with E-state index in [1.807, 2.05) is 24.3 Å². The van der Waals surface area contributed by atoms with Gasteiger partial charge in [-0.15, -0.1) is 23.1 Å². The molecular weight excluding hydrogens is 523 g/mol. The van der Waals surface area contributed by atoms with Crippen molar-refractivity contribution < 1.29 is 22.8 Å². The number of carbonyl (C=O) groups excluding carboxylic acids is 2. The Morgan fingerprint density at radius 1 is 1.11 bits per heavy atom. The van der Waals surface area contributed by atoms with Gasteiger partial charge >= 0.3 is 6.18 Å². The Labute approximate surface area is 218 Å². The lowest BCUT2D eigenvalue weighted by molar-refractivity contribution is -0.137. The van der Waals surface area contributed by atoms with E-state index in [2.05, 4.69) is 15.4 Å². The second kappa shape index (κ2) is 9.82. The zero-order chi connectivity index (χ0) is 26.3. The molecular formula is C25H22F3N5O2S2. The van der Waals surface area contributed by atoms with Gasteiger partial charge in [0.2, 0.25) is 0 Å². The van der Waals surface area contributed by atoms with Crippen molar-refractivity contribution >= 4 is 45.8 Å². The number of rotatable bonds is 5. The van der Waals surface area contributed by atoms with E-state index in [1.54, 1.807) is 35.3 Å². The van der Waals surface area contributed by atoms with Gasteiger partial charge in [0.15, 0.2) is 5.69 Å². The Kier molecular flexibility index (Phi) is 6.71. The molecule has 2 aromatic heterocycles. The van der Waals surface area contributed by atoms with Crippen LogP contribution in [0.5, 0.6) is 0 Å². The van der Waals surface area contributed by atoms with Crippen molar-refractivity contribution in [2.24, 2.45) is 7.05 Å². The third-order valence-electron chi connectivity index (χ3n) is 6.12. The number of hydrogen-bond donors (Lipinski definition) is 1. The van der Waals surface area contributed by atoms with Crippen LogP contribution in [-0.2, 0) is 13.2 Å². The standard InChI is InChI=1S/C25H22F3N5O2S2/c1-14-30-21(22(37-14)15-7-9-16(10-8-15)25(26,27)28)24(35)33-13-36-12-17(33)11-29-23(34)20-18-5-3-4-6-19(18)32(2)31-20/h3-10,17H,11-13H2,1-2H3,(H,29,34)/t17-/m1/s1. The summed E-state index contributed by atoms with van der Waals surface area (Å²) in [4.78, 5) is 33.1. The fourth-order valence-electron chi connectivity index (χ4n) is 4.27. The van der Waals surface area contributed by atoms with E-state index in [1.165, 1.54) is 23.5 Å². The van der Waals surface area contributed by atoms with Gasteiger partial charge in [0.05, 0.1) is 32.9 Å². The SMILES string of the molecule is Cc1nc(C(=O)N2CSC[C@H]2CNC(=O)c2nn(C)c3ccccc23)c(-c2ccc(C(F)(F)F)cc2)s1. The van der Waals surface area contributed by atoms with Crippen LogP contribution < -0.4 is 5.32 Å². The molecule has 1 aliphatic rings. The molecule has 2 aromatic carbocycles. The number of benzene rings is 2. The highest BCUT2D eigenvalue weighted by Crippen LogP contribution is 2.35. The quantitative estimate of drug-likeness (QED) is 0.383. The molecule has 1 atom stereocenters. The number of nitrogens with one attached hydrogen (secondary N) is 1. The first-order valence-corrected chi connectivity index (χ1v) is 13.3. The first-order chi connectivity index (χ1) is 17.6. The number of thioether (sulfide) groups is 1. The summed E-state index contributed by atoms with van der Waals surface area (Å²) in [5.74, 6) is 0.422. The van der Waals surface area contributed by atoms with E-state index in [-0.39, 0.29) is 30.1 Å². The van der Waals surface area contributed by atoms with E-state index >= 15 is 0 Å². The Morgan fingerprint density at radius 3 is 2.57 bits per heavy atom. The molecule has 0 aliphatic carbocycles. The van der Waals surface area contributed by atoms with Crippen molar-refractivity contribution in [2.45, 2.75) is 19.1 Å². The molecule has 0 unspecified atom stereocenters. The van der Waals surface area contributed by atoms with Crippen molar-refractivity contribution in [3.05, 3.63) is 70.5 Å². The number of thiazole rings is 1. The van der Waals surface area contributed by atoms with Gasteiger partial charge in [-0.2, -0.15) is 18.3 Å². The van der Waals surface area contributed by atoms with Crippen LogP contribution in [0.2, 0.25) is 0 Å². The summed E-state index contributed by atoms with van der Waals surface area (Å²) in [5, 5.41) is 8.64. The lowest BCUT2D eigenvalue weighted by atomic mass is 10.1. The summed E-state index contributed by atoms with van der Waals surface area (Å²) in [6.45, 7) is 1.99. The van der Waals surface area contributed by atoms with E-state index < -0.39 is 11.7 Å². The van der Waals surface area contributed by atoms with Crippen LogP contribution in [0.4, 0.5) is 13.2 Å². The first-order valence-electron chi connectivity index (χ1n) is 11.4. The highest BCUT2D eigenvalue weighted by atomic mass is 32.2. The van der Waals surface area contributed by atoms with E-state index in [0.29, 0.717) is 32.8 Å². The maximum Gasteiger partial charge on any atom is 0.416 e. The lowest BCUT2D eigenvalue weighted by Crippen LogP contribution is -2.44. The minimum atomic E-state index is -4.44. The monoisotopic (exact) mass is 545 g/mol. The molecule has 192 valence electrons. The summed E-state index contributed by atoms with van der Waals surface area (Å²) >= 11 is 2.83. The third-order valence-corrected chi connectivity index (χ3v) is 8.23. The predicted octanol–water partition coefficient (Wildman–Crippen LogP) is 4.97.